The summed E-state index contributed by atoms with van der Waals surface area (Å²) in [7, 11) is 0. The molecular weight excluding hydrogens is 378 g/mol. The minimum Gasteiger partial charge on any atom is -0.448 e. The van der Waals surface area contributed by atoms with Crippen molar-refractivity contribution in [2.45, 2.75) is 53.6 Å². The van der Waals surface area contributed by atoms with Gasteiger partial charge in [0.1, 0.15) is 5.60 Å². The maximum absolute atomic E-state index is 12.6. The standard InChI is InChI=1S/C20H29N3O6/c1-7-27-18(25)22-10-9-14-12-15(21-17(24)29-20(4,5)6)13(3)11-16(14)23(22)19(26)28-8-2/h9-12,18,25H,7-8H2,1-6H3,(H,21,24). The van der Waals surface area contributed by atoms with Crippen LogP contribution in [-0.2, 0) is 14.2 Å². The molecule has 0 fully saturated rings. The zero-order valence-electron chi connectivity index (χ0n) is 17.7. The lowest BCUT2D eigenvalue weighted by Crippen LogP contribution is -2.51. The lowest BCUT2D eigenvalue weighted by atomic mass is 10.1. The predicted molar refractivity (Wildman–Crippen MR) is 109 cm³/mol. The number of aliphatic hydroxyl groups excluding tert-OH is 1. The van der Waals surface area contributed by atoms with Crippen molar-refractivity contribution in [1.29, 1.82) is 0 Å². The number of hydrogen-bond acceptors (Lipinski definition) is 7. The molecule has 1 unspecified atom stereocenters. The van der Waals surface area contributed by atoms with E-state index in [4.69, 9.17) is 14.2 Å². The molecule has 1 aromatic rings. The van der Waals surface area contributed by atoms with Crippen LogP contribution in [0.1, 0.15) is 45.7 Å². The largest absolute Gasteiger partial charge is 0.448 e. The van der Waals surface area contributed by atoms with E-state index in [0.717, 1.165) is 0 Å². The fourth-order valence-corrected chi connectivity index (χ4v) is 2.70. The van der Waals surface area contributed by atoms with Gasteiger partial charge in [0.05, 0.1) is 12.3 Å². The first-order valence-electron chi connectivity index (χ1n) is 9.45. The molecule has 1 aliphatic heterocycles. The second kappa shape index (κ2) is 9.15. The zero-order valence-corrected chi connectivity index (χ0v) is 17.7. The molecule has 0 aromatic heterocycles. The molecule has 0 saturated carbocycles. The summed E-state index contributed by atoms with van der Waals surface area (Å²) in [5.74, 6) is 0. The Kier molecular flexibility index (Phi) is 7.10. The monoisotopic (exact) mass is 407 g/mol. The molecule has 9 heteroatoms. The summed E-state index contributed by atoms with van der Waals surface area (Å²) < 4.78 is 15.7. The summed E-state index contributed by atoms with van der Waals surface area (Å²) in [4.78, 5) is 24.7. The number of nitrogens with one attached hydrogen (secondary N) is 1. The Balaban J connectivity index is 2.39. The number of fused-ring (bicyclic) bond motifs is 1. The minimum atomic E-state index is -1.37. The van der Waals surface area contributed by atoms with E-state index in [1.165, 1.54) is 16.2 Å². The van der Waals surface area contributed by atoms with E-state index >= 15 is 0 Å². The summed E-state index contributed by atoms with van der Waals surface area (Å²) in [6.07, 6.45) is 0.605. The average Bonchev–Trinajstić information content (AvgIpc) is 2.60. The number of ether oxygens (including phenoxy) is 3. The van der Waals surface area contributed by atoms with Crippen molar-refractivity contribution in [2.75, 3.05) is 23.5 Å². The molecule has 1 aromatic carbocycles. The highest BCUT2D eigenvalue weighted by molar-refractivity contribution is 5.94. The van der Waals surface area contributed by atoms with Crippen molar-refractivity contribution >= 4 is 29.6 Å². The van der Waals surface area contributed by atoms with Crippen LogP contribution < -0.4 is 10.3 Å². The summed E-state index contributed by atoms with van der Waals surface area (Å²) >= 11 is 0. The molecule has 0 aliphatic carbocycles. The number of anilines is 2. The van der Waals surface area contributed by atoms with Crippen molar-refractivity contribution in [3.05, 3.63) is 29.5 Å². The van der Waals surface area contributed by atoms with Crippen LogP contribution in [-0.4, -0.2) is 47.5 Å². The third-order valence-electron chi connectivity index (χ3n) is 3.86. The van der Waals surface area contributed by atoms with Gasteiger partial charge in [-0.1, -0.05) is 0 Å². The predicted octanol–water partition coefficient (Wildman–Crippen LogP) is 3.82. The van der Waals surface area contributed by atoms with Gasteiger partial charge in [0.25, 0.3) is 6.41 Å². The molecule has 29 heavy (non-hydrogen) atoms. The molecule has 1 aliphatic rings. The Bertz CT molecular complexity index is 787. The highest BCUT2D eigenvalue weighted by Gasteiger charge is 2.32. The van der Waals surface area contributed by atoms with Crippen molar-refractivity contribution < 1.29 is 28.9 Å². The second-order valence-electron chi connectivity index (χ2n) is 7.34. The van der Waals surface area contributed by atoms with Crippen LogP contribution in [0.2, 0.25) is 0 Å². The first kappa shape index (κ1) is 22.5. The first-order valence-corrected chi connectivity index (χ1v) is 9.45. The fourth-order valence-electron chi connectivity index (χ4n) is 2.70. The molecule has 0 spiro atoms. The number of carbonyl (C=O) groups is 2. The summed E-state index contributed by atoms with van der Waals surface area (Å²) in [5.41, 5.74) is 1.75. The van der Waals surface area contributed by atoms with E-state index in [9.17, 15) is 14.7 Å². The van der Waals surface area contributed by atoms with E-state index in [0.29, 0.717) is 22.5 Å². The second-order valence-corrected chi connectivity index (χ2v) is 7.34. The number of aliphatic hydroxyl groups is 1. The Morgan fingerprint density at radius 2 is 1.90 bits per heavy atom. The van der Waals surface area contributed by atoms with Gasteiger partial charge in [-0.2, -0.15) is 5.01 Å². The SMILES string of the molecule is CCOC(=O)N1c2cc(C)c(NC(=O)OC(C)(C)C)cc2C=CN1C(O)OCC. The topological polar surface area (TPSA) is 101 Å². The summed E-state index contributed by atoms with van der Waals surface area (Å²) in [6.45, 7) is 11.0. The number of hydrazine groups is 1. The van der Waals surface area contributed by atoms with E-state index in [-0.39, 0.29) is 13.2 Å². The van der Waals surface area contributed by atoms with Crippen LogP contribution in [0.4, 0.5) is 21.0 Å². The van der Waals surface area contributed by atoms with Crippen molar-refractivity contribution in [3.8, 4) is 0 Å². The Hall–Kier alpha value is -2.78. The average molecular weight is 407 g/mol. The van der Waals surface area contributed by atoms with Gasteiger partial charge in [-0.05, 0) is 65.3 Å². The highest BCUT2D eigenvalue weighted by atomic mass is 16.6. The van der Waals surface area contributed by atoms with Crippen molar-refractivity contribution in [1.82, 2.24) is 5.01 Å². The van der Waals surface area contributed by atoms with Crippen molar-refractivity contribution in [2.24, 2.45) is 0 Å². The maximum Gasteiger partial charge on any atom is 0.433 e. The molecule has 0 saturated heterocycles. The number of carbonyl (C=O) groups excluding carboxylic acids is 2. The molecule has 160 valence electrons. The Morgan fingerprint density at radius 1 is 1.21 bits per heavy atom. The van der Waals surface area contributed by atoms with Crippen LogP contribution in [0.15, 0.2) is 18.3 Å². The Morgan fingerprint density at radius 3 is 2.48 bits per heavy atom. The molecule has 2 N–H and O–H groups in total. The van der Waals surface area contributed by atoms with Crippen molar-refractivity contribution in [3.63, 3.8) is 0 Å². The molecule has 0 radical (unpaired) electrons. The molecule has 2 amide bonds. The molecule has 2 rings (SSSR count). The van der Waals surface area contributed by atoms with E-state index in [1.54, 1.807) is 59.8 Å². The number of amides is 2. The van der Waals surface area contributed by atoms with Crippen LogP contribution in [0.25, 0.3) is 6.08 Å². The molecule has 9 nitrogen and oxygen atoms in total. The summed E-state index contributed by atoms with van der Waals surface area (Å²) in [5, 5.41) is 15.4. The molecule has 1 heterocycles. The van der Waals surface area contributed by atoms with E-state index < -0.39 is 24.2 Å². The van der Waals surface area contributed by atoms with Gasteiger partial charge < -0.3 is 19.3 Å². The summed E-state index contributed by atoms with van der Waals surface area (Å²) in [6, 6.07) is 3.44. The number of aryl methyl sites for hydroxylation is 1. The number of benzene rings is 1. The maximum atomic E-state index is 12.6. The zero-order chi connectivity index (χ0) is 21.8. The van der Waals surface area contributed by atoms with Crippen LogP contribution in [0, 0.1) is 6.92 Å². The van der Waals surface area contributed by atoms with Gasteiger partial charge in [-0.25, -0.2) is 14.6 Å². The van der Waals surface area contributed by atoms with Gasteiger partial charge in [-0.15, -0.1) is 0 Å². The minimum absolute atomic E-state index is 0.171. The van der Waals surface area contributed by atoms with Gasteiger partial charge in [0, 0.05) is 24.1 Å². The lowest BCUT2D eigenvalue weighted by Gasteiger charge is -2.38. The van der Waals surface area contributed by atoms with Gasteiger partial charge in [0.2, 0.25) is 0 Å². The number of hydrogen-bond donors (Lipinski definition) is 2. The normalized spacial score (nSPS) is 14.3. The highest BCUT2D eigenvalue weighted by Crippen LogP contribution is 2.34. The number of nitrogens with zero attached hydrogens (tertiary/aromatic N) is 2. The van der Waals surface area contributed by atoms with Crippen LogP contribution in [0.5, 0.6) is 0 Å². The third kappa shape index (κ3) is 5.61. The van der Waals surface area contributed by atoms with Gasteiger partial charge in [-0.3, -0.25) is 5.32 Å². The third-order valence-corrected chi connectivity index (χ3v) is 3.86. The Labute approximate surface area is 170 Å². The smallest absolute Gasteiger partial charge is 0.433 e. The first-order chi connectivity index (χ1) is 13.6. The molecular formula is C20H29N3O6. The van der Waals surface area contributed by atoms with Gasteiger partial charge in [0.15, 0.2) is 0 Å². The number of rotatable bonds is 5. The lowest BCUT2D eigenvalue weighted by molar-refractivity contribution is -0.175. The molecule has 1 atom stereocenters. The van der Waals surface area contributed by atoms with E-state index in [2.05, 4.69) is 5.32 Å². The quantitative estimate of drug-likeness (QED) is 0.716. The van der Waals surface area contributed by atoms with E-state index in [1.807, 2.05) is 0 Å². The van der Waals surface area contributed by atoms with Crippen LogP contribution >= 0.6 is 0 Å². The fraction of sp³-hybridized carbons (Fsp3) is 0.500. The molecule has 0 bridgehead atoms. The van der Waals surface area contributed by atoms with Crippen LogP contribution in [0.3, 0.4) is 0 Å². The van der Waals surface area contributed by atoms with Gasteiger partial charge >= 0.3 is 12.2 Å².